The minimum absolute atomic E-state index is 0.198. The van der Waals surface area contributed by atoms with Gasteiger partial charge in [-0.25, -0.2) is 9.59 Å². The Balaban J connectivity index is 2.94. The molecule has 0 unspecified atom stereocenters. The Morgan fingerprint density at radius 1 is 1.23 bits per heavy atom. The molecule has 120 valence electrons. The molecule has 0 aliphatic rings. The summed E-state index contributed by atoms with van der Waals surface area (Å²) in [5.74, 6) is -0.742. The smallest absolute Gasteiger partial charge is 0.406 e. The number of benzene rings is 1. The van der Waals surface area contributed by atoms with Gasteiger partial charge in [0.1, 0.15) is 0 Å². The summed E-state index contributed by atoms with van der Waals surface area (Å²) in [6, 6.07) is 6.67. The summed E-state index contributed by atoms with van der Waals surface area (Å²) in [6.45, 7) is 3.75. The van der Waals surface area contributed by atoms with Crippen molar-refractivity contribution in [3.8, 4) is 0 Å². The molecule has 7 nitrogen and oxygen atoms in total. The highest BCUT2D eigenvalue weighted by atomic mass is 16.5. The first kappa shape index (κ1) is 17.5. The number of hydrogen-bond acceptors (Lipinski definition) is 5. The van der Waals surface area contributed by atoms with Gasteiger partial charge in [-0.15, -0.1) is 0 Å². The van der Waals surface area contributed by atoms with Gasteiger partial charge in [0.2, 0.25) is 5.91 Å². The number of methoxy groups -OCH3 is 1. The highest BCUT2D eigenvalue weighted by Crippen LogP contribution is 2.21. The number of carbonyl (C=O) groups is 3. The van der Waals surface area contributed by atoms with Crippen LogP contribution in [-0.4, -0.2) is 44.8 Å². The van der Waals surface area contributed by atoms with Gasteiger partial charge in [0, 0.05) is 20.0 Å². The zero-order valence-corrected chi connectivity index (χ0v) is 12.9. The molecule has 0 radical (unpaired) electrons. The van der Waals surface area contributed by atoms with Crippen molar-refractivity contribution in [1.29, 1.82) is 0 Å². The maximum Gasteiger partial charge on any atom is 0.406 e. The van der Waals surface area contributed by atoms with E-state index in [0.717, 1.165) is 0 Å². The van der Waals surface area contributed by atoms with Crippen molar-refractivity contribution in [2.45, 2.75) is 13.8 Å². The van der Waals surface area contributed by atoms with Crippen molar-refractivity contribution in [2.75, 3.05) is 31.7 Å². The molecule has 0 fully saturated rings. The molecule has 0 saturated carbocycles. The molecule has 1 aromatic carbocycles. The number of para-hydroxylation sites is 1. The Hall–Kier alpha value is -2.57. The summed E-state index contributed by atoms with van der Waals surface area (Å²) in [5.41, 5.74) is 0.748. The molecule has 0 atom stereocenters. The zero-order valence-electron chi connectivity index (χ0n) is 12.9. The normalized spacial score (nSPS) is 9.77. The molecule has 2 amide bonds. The van der Waals surface area contributed by atoms with Gasteiger partial charge < -0.3 is 19.7 Å². The van der Waals surface area contributed by atoms with E-state index in [1.165, 1.54) is 18.9 Å². The number of rotatable bonds is 6. The number of esters is 1. The number of nitrogens with zero attached hydrogens (tertiary/aromatic N) is 1. The van der Waals surface area contributed by atoms with Gasteiger partial charge >= 0.3 is 12.1 Å². The number of anilines is 1. The number of nitrogens with one attached hydrogen (secondary N) is 1. The summed E-state index contributed by atoms with van der Waals surface area (Å²) < 4.78 is 9.46. The first-order valence-electron chi connectivity index (χ1n) is 6.87. The van der Waals surface area contributed by atoms with Crippen LogP contribution in [0.5, 0.6) is 0 Å². The molecule has 0 bridgehead atoms. The van der Waals surface area contributed by atoms with E-state index in [2.05, 4.69) is 10.1 Å². The Bertz CT molecular complexity index is 544. The lowest BCUT2D eigenvalue weighted by atomic mass is 10.1. The molecule has 0 spiro atoms. The Labute approximate surface area is 129 Å². The SMILES string of the molecule is CCOC(=O)c1ccccc1N(CCNC(=O)OC)C(C)=O. The van der Waals surface area contributed by atoms with Crippen molar-refractivity contribution in [3.05, 3.63) is 29.8 Å². The number of ether oxygens (including phenoxy) is 2. The third-order valence-electron chi connectivity index (χ3n) is 2.86. The van der Waals surface area contributed by atoms with Crippen LogP contribution in [0.25, 0.3) is 0 Å². The van der Waals surface area contributed by atoms with Crippen molar-refractivity contribution in [1.82, 2.24) is 5.32 Å². The number of carbonyl (C=O) groups excluding carboxylic acids is 3. The van der Waals surface area contributed by atoms with E-state index in [-0.39, 0.29) is 25.6 Å². The van der Waals surface area contributed by atoms with Crippen LogP contribution in [0.4, 0.5) is 10.5 Å². The second kappa shape index (κ2) is 8.66. The molecule has 1 aromatic rings. The molecule has 7 heteroatoms. The van der Waals surface area contributed by atoms with Crippen LogP contribution in [0.3, 0.4) is 0 Å². The van der Waals surface area contributed by atoms with Crippen LogP contribution < -0.4 is 10.2 Å². The Morgan fingerprint density at radius 2 is 1.91 bits per heavy atom. The highest BCUT2D eigenvalue weighted by molar-refractivity contribution is 6.02. The van der Waals surface area contributed by atoms with Gasteiger partial charge in [-0.3, -0.25) is 4.79 Å². The largest absolute Gasteiger partial charge is 0.462 e. The van der Waals surface area contributed by atoms with Crippen molar-refractivity contribution < 1.29 is 23.9 Å². The minimum atomic E-state index is -0.581. The van der Waals surface area contributed by atoms with Crippen molar-refractivity contribution >= 4 is 23.7 Å². The van der Waals surface area contributed by atoms with Crippen LogP contribution >= 0.6 is 0 Å². The minimum Gasteiger partial charge on any atom is -0.462 e. The predicted molar refractivity (Wildman–Crippen MR) is 80.8 cm³/mol. The van der Waals surface area contributed by atoms with Crippen LogP contribution in [0.15, 0.2) is 24.3 Å². The zero-order chi connectivity index (χ0) is 16.5. The first-order valence-corrected chi connectivity index (χ1v) is 6.87. The number of amides is 2. The molecule has 0 heterocycles. The topological polar surface area (TPSA) is 84.9 Å². The van der Waals surface area contributed by atoms with Crippen molar-refractivity contribution in [3.63, 3.8) is 0 Å². The Morgan fingerprint density at radius 3 is 2.50 bits per heavy atom. The summed E-state index contributed by atoms with van der Waals surface area (Å²) in [7, 11) is 1.26. The van der Waals surface area contributed by atoms with Gasteiger partial charge in [-0.05, 0) is 19.1 Å². The van der Waals surface area contributed by atoms with Gasteiger partial charge in [0.25, 0.3) is 0 Å². The lowest BCUT2D eigenvalue weighted by molar-refractivity contribution is -0.116. The second-order valence-electron chi connectivity index (χ2n) is 4.33. The molecule has 0 saturated heterocycles. The van der Waals surface area contributed by atoms with Crippen LogP contribution in [0, 0.1) is 0 Å². The van der Waals surface area contributed by atoms with Crippen LogP contribution in [0.1, 0.15) is 24.2 Å². The summed E-state index contributed by atoms with van der Waals surface area (Å²) in [4.78, 5) is 36.3. The summed E-state index contributed by atoms with van der Waals surface area (Å²) in [6.07, 6.45) is -0.581. The van der Waals surface area contributed by atoms with E-state index >= 15 is 0 Å². The second-order valence-corrected chi connectivity index (χ2v) is 4.33. The maximum absolute atomic E-state index is 12.0. The summed E-state index contributed by atoms with van der Waals surface area (Å²) >= 11 is 0. The standard InChI is InChI=1S/C15H20N2O5/c1-4-22-14(19)12-7-5-6-8-13(12)17(11(2)18)10-9-16-15(20)21-3/h5-8H,4,9-10H2,1-3H3,(H,16,20). The van der Waals surface area contributed by atoms with E-state index in [1.807, 2.05) is 0 Å². The average molecular weight is 308 g/mol. The van der Waals surface area contributed by atoms with Crippen LogP contribution in [-0.2, 0) is 14.3 Å². The average Bonchev–Trinajstić information content (AvgIpc) is 2.51. The third kappa shape index (κ3) is 4.76. The lowest BCUT2D eigenvalue weighted by Gasteiger charge is -2.23. The lowest BCUT2D eigenvalue weighted by Crippen LogP contribution is -2.38. The molecule has 0 aliphatic heterocycles. The van der Waals surface area contributed by atoms with E-state index in [0.29, 0.717) is 11.3 Å². The molecular formula is C15H20N2O5. The quantitative estimate of drug-likeness (QED) is 0.806. The van der Waals surface area contributed by atoms with Crippen molar-refractivity contribution in [2.24, 2.45) is 0 Å². The highest BCUT2D eigenvalue weighted by Gasteiger charge is 2.19. The van der Waals surface area contributed by atoms with E-state index < -0.39 is 12.1 Å². The number of alkyl carbamates (subject to hydrolysis) is 1. The fourth-order valence-corrected chi connectivity index (χ4v) is 1.88. The van der Waals surface area contributed by atoms with Gasteiger partial charge in [-0.1, -0.05) is 12.1 Å². The van der Waals surface area contributed by atoms with Gasteiger partial charge in [0.15, 0.2) is 0 Å². The molecular weight excluding hydrogens is 288 g/mol. The third-order valence-corrected chi connectivity index (χ3v) is 2.86. The predicted octanol–water partition coefficient (Wildman–Crippen LogP) is 1.57. The first-order chi connectivity index (χ1) is 10.5. The Kier molecular flexibility index (Phi) is 6.88. The van der Waals surface area contributed by atoms with Gasteiger partial charge in [0.05, 0.1) is 25.0 Å². The molecule has 1 rings (SSSR count). The molecule has 0 aromatic heterocycles. The molecule has 22 heavy (non-hydrogen) atoms. The van der Waals surface area contributed by atoms with Gasteiger partial charge in [-0.2, -0.15) is 0 Å². The molecule has 0 aliphatic carbocycles. The van der Waals surface area contributed by atoms with E-state index in [4.69, 9.17) is 4.74 Å². The number of hydrogen-bond donors (Lipinski definition) is 1. The van der Waals surface area contributed by atoms with E-state index in [9.17, 15) is 14.4 Å². The monoisotopic (exact) mass is 308 g/mol. The fraction of sp³-hybridized carbons (Fsp3) is 0.400. The maximum atomic E-state index is 12.0. The molecule has 1 N–H and O–H groups in total. The van der Waals surface area contributed by atoms with E-state index in [1.54, 1.807) is 31.2 Å². The fourth-order valence-electron chi connectivity index (χ4n) is 1.88. The van der Waals surface area contributed by atoms with Crippen LogP contribution in [0.2, 0.25) is 0 Å². The summed E-state index contributed by atoms with van der Waals surface area (Å²) in [5, 5.41) is 2.49.